The second-order valence-electron chi connectivity index (χ2n) is 12.4. The molecule has 11 nitrogen and oxygen atoms in total. The van der Waals surface area contributed by atoms with E-state index in [9.17, 15) is 49.5 Å². The molecule has 54 heavy (non-hydrogen) atoms. The number of alkyl halides is 6. The minimum Gasteiger partial charge on any atom is -0.588 e. The van der Waals surface area contributed by atoms with Crippen LogP contribution in [0.1, 0.15) is 42.5 Å². The zero-order chi connectivity index (χ0) is 39.4. The van der Waals surface area contributed by atoms with Crippen LogP contribution in [0.3, 0.4) is 0 Å². The van der Waals surface area contributed by atoms with Crippen LogP contribution in [0.5, 0.6) is 0 Å². The van der Waals surface area contributed by atoms with Crippen LogP contribution in [-0.4, -0.2) is 65.0 Å². The molecule has 1 fully saturated rings. The maximum atomic E-state index is 14.6. The van der Waals surface area contributed by atoms with E-state index < -0.39 is 92.1 Å². The third kappa shape index (κ3) is 6.29. The quantitative estimate of drug-likeness (QED) is 0.111. The van der Waals surface area contributed by atoms with Gasteiger partial charge in [0.2, 0.25) is 0 Å². The predicted molar refractivity (Wildman–Crippen MR) is 178 cm³/mol. The second kappa shape index (κ2) is 13.9. The molecule has 3 aromatic rings. The van der Waals surface area contributed by atoms with Gasteiger partial charge in [-0.25, -0.2) is 19.4 Å². The van der Waals surface area contributed by atoms with Crippen molar-refractivity contribution < 1.29 is 63.7 Å². The van der Waals surface area contributed by atoms with Gasteiger partial charge < -0.3 is 23.7 Å². The number of amidine groups is 1. The lowest BCUT2D eigenvalue weighted by atomic mass is 9.69. The van der Waals surface area contributed by atoms with E-state index >= 15 is 0 Å². The molecule has 3 aliphatic rings. The number of ether oxygens (including phenoxy) is 3. The van der Waals surface area contributed by atoms with Crippen molar-refractivity contribution in [2.75, 3.05) is 25.2 Å². The molecule has 0 aromatic heterocycles. The van der Waals surface area contributed by atoms with E-state index in [0.717, 1.165) is 19.2 Å². The average Bonchev–Trinajstić information content (AvgIpc) is 3.62. The summed E-state index contributed by atoms with van der Waals surface area (Å²) in [5.41, 5.74) is -3.91. The van der Waals surface area contributed by atoms with Crippen molar-refractivity contribution in [3.05, 3.63) is 106 Å². The molecule has 3 aliphatic heterocycles. The molecule has 3 aromatic carbocycles. The SMILES string of the molecule is CCOC(=O)C1=C(C(=O)OCC)C2N(Cc3ccc(C(F)(F)F)cc3)c3ccccc3[C@@]23C[C@@H](C(=O)OC)N([S+](=O)([O-])c2ccc(C(F)(F)F)cc2)C3=N1. The Bertz CT molecular complexity index is 2100. The zero-order valence-corrected chi connectivity index (χ0v) is 29.5. The van der Waals surface area contributed by atoms with Gasteiger partial charge in [0.25, 0.3) is 0 Å². The molecular formula is C36H31F6N3O8S. The molecule has 2 unspecified atom stereocenters. The number of sulfonamides is 1. The Morgan fingerprint density at radius 3 is 1.98 bits per heavy atom. The lowest BCUT2D eigenvalue weighted by molar-refractivity contribution is -0.144. The molecule has 0 aliphatic carbocycles. The molecule has 0 radical (unpaired) electrons. The van der Waals surface area contributed by atoms with Crippen LogP contribution in [-0.2, 0) is 67.5 Å². The standard InChI is InChI=1S/C36H31F6N3O8S/c1-4-52-31(47)27-28(32(48)53-5-2)43-33-34(18-26(30(46)51-3)45(33)54(49,50)23-16-14-22(15-17-23)36(40,41)42)24-8-6-7-9-25(24)44(29(27)34)19-20-10-12-21(13-11-20)35(37,38)39/h6-17,26,29H,4-5,18-19H2,1-3H3/t26-,29?,34-/m0/s1. The Morgan fingerprint density at radius 2 is 1.43 bits per heavy atom. The zero-order valence-electron chi connectivity index (χ0n) is 28.7. The number of aliphatic imine (C=N–C) groups is 1. The van der Waals surface area contributed by atoms with E-state index in [0.29, 0.717) is 45.4 Å². The number of hydrogen-bond donors (Lipinski definition) is 0. The van der Waals surface area contributed by atoms with E-state index in [1.807, 2.05) is 0 Å². The summed E-state index contributed by atoms with van der Waals surface area (Å²) >= 11 is 0. The monoisotopic (exact) mass is 779 g/mol. The van der Waals surface area contributed by atoms with Crippen molar-refractivity contribution in [3.8, 4) is 0 Å². The van der Waals surface area contributed by atoms with Crippen molar-refractivity contribution in [2.45, 2.75) is 61.6 Å². The molecule has 0 amide bonds. The number of para-hydroxylation sites is 1. The fraction of sp³-hybridized carbons (Fsp3) is 0.333. The Kier molecular flexibility index (Phi) is 9.89. The third-order valence-corrected chi connectivity index (χ3v) is 11.2. The smallest absolute Gasteiger partial charge is 0.416 e. The number of anilines is 1. The molecule has 1 spiro atoms. The third-order valence-electron chi connectivity index (χ3n) is 9.44. The minimum atomic E-state index is -5.01. The highest BCUT2D eigenvalue weighted by Crippen LogP contribution is 2.59. The van der Waals surface area contributed by atoms with Crippen LogP contribution in [0.2, 0.25) is 0 Å². The predicted octanol–water partition coefficient (Wildman–Crippen LogP) is 5.99. The number of hydrogen-bond acceptors (Lipinski definition) is 10. The van der Waals surface area contributed by atoms with Gasteiger partial charge >= 0.3 is 30.3 Å². The summed E-state index contributed by atoms with van der Waals surface area (Å²) < 4.78 is 126. The Balaban J connectivity index is 1.64. The molecule has 1 saturated heterocycles. The number of halogens is 6. The van der Waals surface area contributed by atoms with Gasteiger partial charge in [0.15, 0.2) is 32.9 Å². The normalized spacial score (nSPS) is 21.8. The van der Waals surface area contributed by atoms with E-state index in [-0.39, 0.29) is 25.3 Å². The van der Waals surface area contributed by atoms with E-state index in [2.05, 4.69) is 4.99 Å². The van der Waals surface area contributed by atoms with Gasteiger partial charge in [-0.15, -0.1) is 0 Å². The summed E-state index contributed by atoms with van der Waals surface area (Å²) in [5.74, 6) is -3.75. The Morgan fingerprint density at radius 1 is 0.870 bits per heavy atom. The molecule has 0 saturated carbocycles. The lowest BCUT2D eigenvalue weighted by Crippen LogP contribution is -2.56. The van der Waals surface area contributed by atoms with Crippen LogP contribution < -0.4 is 4.90 Å². The number of methoxy groups -OCH3 is 1. The first kappa shape index (κ1) is 38.5. The number of carbonyl (C=O) groups is 3. The first-order chi connectivity index (χ1) is 25.4. The van der Waals surface area contributed by atoms with Gasteiger partial charge in [-0.3, -0.25) is 0 Å². The van der Waals surface area contributed by atoms with Crippen molar-refractivity contribution in [2.24, 2.45) is 4.99 Å². The van der Waals surface area contributed by atoms with Gasteiger partial charge in [-0.2, -0.15) is 30.6 Å². The van der Waals surface area contributed by atoms with Crippen molar-refractivity contribution in [1.29, 1.82) is 0 Å². The number of nitrogens with zero attached hydrogens (tertiary/aromatic N) is 3. The second-order valence-corrected chi connectivity index (χ2v) is 14.2. The topological polar surface area (TPSA) is 138 Å². The summed E-state index contributed by atoms with van der Waals surface area (Å²) in [6.07, 6.45) is -9.90. The van der Waals surface area contributed by atoms with Gasteiger partial charge in [0.1, 0.15) is 0 Å². The average molecular weight is 780 g/mol. The highest BCUT2D eigenvalue weighted by molar-refractivity contribution is 7.96. The molecule has 0 bridgehead atoms. The maximum Gasteiger partial charge on any atom is 0.416 e. The number of benzene rings is 3. The first-order valence-corrected chi connectivity index (χ1v) is 17.8. The van der Waals surface area contributed by atoms with Gasteiger partial charge in [-0.05, 0) is 67.4 Å². The highest BCUT2D eigenvalue weighted by atomic mass is 32.3. The Labute approximate surface area is 305 Å². The largest absolute Gasteiger partial charge is 0.588 e. The number of carbonyl (C=O) groups excluding carboxylic acids is 3. The fourth-order valence-electron chi connectivity index (χ4n) is 7.26. The van der Waals surface area contributed by atoms with Gasteiger partial charge in [-0.1, -0.05) is 34.5 Å². The first-order valence-electron chi connectivity index (χ1n) is 16.4. The van der Waals surface area contributed by atoms with E-state index in [4.69, 9.17) is 14.2 Å². The minimum absolute atomic E-state index is 0.181. The lowest BCUT2D eigenvalue weighted by Gasteiger charge is -2.41. The van der Waals surface area contributed by atoms with E-state index in [1.54, 1.807) is 29.2 Å². The van der Waals surface area contributed by atoms with Crippen LogP contribution >= 0.6 is 0 Å². The van der Waals surface area contributed by atoms with Gasteiger partial charge in [0, 0.05) is 18.7 Å². The fourth-order valence-corrected chi connectivity index (χ4v) is 8.89. The number of rotatable bonds is 9. The summed E-state index contributed by atoms with van der Waals surface area (Å²) in [5, 5.41) is 0. The van der Waals surface area contributed by atoms with Crippen molar-refractivity contribution >= 4 is 39.8 Å². The summed E-state index contributed by atoms with van der Waals surface area (Å²) in [6, 6.07) is 9.98. The number of esters is 3. The highest BCUT2D eigenvalue weighted by Gasteiger charge is 2.70. The van der Waals surface area contributed by atoms with Gasteiger partial charge in [0.05, 0.1) is 48.5 Å². The molecule has 286 valence electrons. The molecule has 3 heterocycles. The summed E-state index contributed by atoms with van der Waals surface area (Å²) in [7, 11) is -4.01. The molecule has 4 atom stereocenters. The molecule has 18 heteroatoms. The molecule has 6 rings (SSSR count). The Hall–Kier alpha value is -5.23. The summed E-state index contributed by atoms with van der Waals surface area (Å²) in [6.45, 7) is 2.37. The molecular weight excluding hydrogens is 748 g/mol. The maximum absolute atomic E-state index is 14.6. The molecule has 0 N–H and O–H groups in total. The van der Waals surface area contributed by atoms with Crippen LogP contribution in [0.15, 0.2) is 94.0 Å². The van der Waals surface area contributed by atoms with Crippen LogP contribution in [0.4, 0.5) is 32.0 Å². The van der Waals surface area contributed by atoms with Crippen LogP contribution in [0.25, 0.3) is 0 Å². The summed E-state index contributed by atoms with van der Waals surface area (Å²) in [4.78, 5) is 46.7. The van der Waals surface area contributed by atoms with Crippen molar-refractivity contribution in [1.82, 2.24) is 4.31 Å². The van der Waals surface area contributed by atoms with E-state index in [1.165, 1.54) is 26.0 Å². The van der Waals surface area contributed by atoms with Crippen LogP contribution in [0, 0.1) is 0 Å². The number of fused-ring (bicyclic) bond motifs is 1. The van der Waals surface area contributed by atoms with Crippen molar-refractivity contribution in [3.63, 3.8) is 0 Å².